The Morgan fingerprint density at radius 3 is 2.54 bits per heavy atom. The molecule has 0 aromatic heterocycles. The fourth-order valence-electron chi connectivity index (χ4n) is 3.06. The van der Waals surface area contributed by atoms with Crippen molar-refractivity contribution < 1.29 is 22.0 Å². The highest BCUT2D eigenvalue weighted by atomic mass is 35.5. The maximum Gasteiger partial charge on any atom is 0.225 e. The minimum Gasteiger partial charge on any atom is -0.324 e. The van der Waals surface area contributed by atoms with Gasteiger partial charge in [0, 0.05) is 13.0 Å². The van der Waals surface area contributed by atoms with E-state index < -0.39 is 32.6 Å². The van der Waals surface area contributed by atoms with Crippen molar-refractivity contribution in [1.29, 1.82) is 0 Å². The van der Waals surface area contributed by atoms with E-state index in [9.17, 15) is 22.0 Å². The largest absolute Gasteiger partial charge is 0.324 e. The van der Waals surface area contributed by atoms with Gasteiger partial charge in [0.05, 0.1) is 15.8 Å². The first-order valence-corrected chi connectivity index (χ1v) is 10.1. The van der Waals surface area contributed by atoms with Crippen molar-refractivity contribution in [2.24, 2.45) is 0 Å². The molecule has 0 fully saturated rings. The molecule has 2 aromatic rings. The van der Waals surface area contributed by atoms with Crippen LogP contribution in [0.3, 0.4) is 0 Å². The van der Waals surface area contributed by atoms with Crippen LogP contribution < -0.4 is 10.6 Å². The molecule has 0 spiro atoms. The number of rotatable bonds is 5. The molecule has 9 heteroatoms. The molecule has 0 saturated heterocycles. The predicted molar refractivity (Wildman–Crippen MR) is 105 cm³/mol. The van der Waals surface area contributed by atoms with Gasteiger partial charge in [-0.2, -0.15) is 0 Å². The minimum atomic E-state index is -3.80. The smallest absolute Gasteiger partial charge is 0.225 e. The van der Waals surface area contributed by atoms with E-state index in [4.69, 9.17) is 0 Å². The highest BCUT2D eigenvalue weighted by Gasteiger charge is 2.26. The fourth-order valence-corrected chi connectivity index (χ4v) is 4.41. The van der Waals surface area contributed by atoms with Crippen LogP contribution in [0.4, 0.5) is 14.5 Å². The van der Waals surface area contributed by atoms with E-state index in [-0.39, 0.29) is 29.4 Å². The molecule has 1 atom stereocenters. The summed E-state index contributed by atoms with van der Waals surface area (Å²) in [6.45, 7) is 2.63. The van der Waals surface area contributed by atoms with Gasteiger partial charge in [-0.25, -0.2) is 17.2 Å². The highest BCUT2D eigenvalue weighted by molar-refractivity contribution is 7.92. The summed E-state index contributed by atoms with van der Waals surface area (Å²) in [5.41, 5.74) is 1.47. The number of benzene rings is 2. The normalized spacial score (nSPS) is 14.5. The van der Waals surface area contributed by atoms with Crippen molar-refractivity contribution in [2.45, 2.75) is 36.5 Å². The van der Waals surface area contributed by atoms with Crippen LogP contribution in [0.5, 0.6) is 0 Å². The van der Waals surface area contributed by atoms with E-state index in [0.29, 0.717) is 25.1 Å². The molecule has 1 aliphatic heterocycles. The van der Waals surface area contributed by atoms with E-state index in [2.05, 4.69) is 10.6 Å². The summed E-state index contributed by atoms with van der Waals surface area (Å²) < 4.78 is 52.6. The SMILES string of the molecule is CC(CC(=O)Nc1ccc2c(c1F)CCNC2)S(=O)(=O)c1ccc(F)cc1.Cl. The summed E-state index contributed by atoms with van der Waals surface area (Å²) in [7, 11) is -3.80. The monoisotopic (exact) mass is 430 g/mol. The molecule has 28 heavy (non-hydrogen) atoms. The van der Waals surface area contributed by atoms with Crippen LogP contribution >= 0.6 is 12.4 Å². The number of hydrogen-bond donors (Lipinski definition) is 2. The van der Waals surface area contributed by atoms with Crippen LogP contribution in [0.15, 0.2) is 41.3 Å². The van der Waals surface area contributed by atoms with E-state index in [0.717, 1.165) is 29.8 Å². The van der Waals surface area contributed by atoms with Crippen molar-refractivity contribution >= 4 is 33.8 Å². The maximum absolute atomic E-state index is 14.6. The zero-order chi connectivity index (χ0) is 19.6. The summed E-state index contributed by atoms with van der Waals surface area (Å²) in [4.78, 5) is 12.2. The van der Waals surface area contributed by atoms with Crippen LogP contribution in [-0.2, 0) is 27.6 Å². The third-order valence-corrected chi connectivity index (χ3v) is 6.78. The average molecular weight is 431 g/mol. The zero-order valence-electron chi connectivity index (χ0n) is 15.2. The van der Waals surface area contributed by atoms with Gasteiger partial charge < -0.3 is 10.6 Å². The number of carbonyl (C=O) groups excluding carboxylic acids is 1. The first kappa shape index (κ1) is 22.3. The molecule has 0 aliphatic carbocycles. The van der Waals surface area contributed by atoms with E-state index >= 15 is 0 Å². The van der Waals surface area contributed by atoms with E-state index in [1.165, 1.54) is 13.0 Å². The highest BCUT2D eigenvalue weighted by Crippen LogP contribution is 2.25. The predicted octanol–water partition coefficient (Wildman–Crippen LogP) is 3.22. The molecular formula is C19H21ClF2N2O3S. The molecule has 3 rings (SSSR count). The molecule has 0 bridgehead atoms. The van der Waals surface area contributed by atoms with Gasteiger partial charge in [0.25, 0.3) is 0 Å². The van der Waals surface area contributed by atoms with Gasteiger partial charge in [0.2, 0.25) is 5.91 Å². The van der Waals surface area contributed by atoms with E-state index in [1.807, 2.05) is 0 Å². The maximum atomic E-state index is 14.6. The second-order valence-corrected chi connectivity index (χ2v) is 8.92. The lowest BCUT2D eigenvalue weighted by atomic mass is 9.99. The van der Waals surface area contributed by atoms with Gasteiger partial charge in [-0.3, -0.25) is 4.79 Å². The molecule has 0 saturated carbocycles. The molecule has 2 N–H and O–H groups in total. The molecule has 1 amide bonds. The van der Waals surface area contributed by atoms with Crippen LogP contribution in [0.25, 0.3) is 0 Å². The van der Waals surface area contributed by atoms with Gasteiger partial charge in [-0.05, 0) is 61.3 Å². The quantitative estimate of drug-likeness (QED) is 0.714. The third-order valence-electron chi connectivity index (χ3n) is 4.63. The van der Waals surface area contributed by atoms with Crippen molar-refractivity contribution in [1.82, 2.24) is 5.32 Å². The molecule has 0 radical (unpaired) electrons. The van der Waals surface area contributed by atoms with E-state index in [1.54, 1.807) is 6.07 Å². The standard InChI is InChI=1S/C19H20F2N2O3S.ClH/c1-12(27(25,26)15-5-3-14(20)4-6-15)10-18(24)23-17-7-2-13-11-22-9-8-16(13)19(17)21;/h2-7,12,22H,8-11H2,1H3,(H,23,24);1H. The topological polar surface area (TPSA) is 75.3 Å². The van der Waals surface area contributed by atoms with Crippen LogP contribution in [0.2, 0.25) is 0 Å². The molecular weight excluding hydrogens is 410 g/mol. The number of sulfone groups is 1. The lowest BCUT2D eigenvalue weighted by Crippen LogP contribution is -2.27. The van der Waals surface area contributed by atoms with Crippen molar-refractivity contribution in [3.63, 3.8) is 0 Å². The first-order chi connectivity index (χ1) is 12.8. The van der Waals surface area contributed by atoms with Gasteiger partial charge in [-0.15, -0.1) is 12.4 Å². The first-order valence-electron chi connectivity index (χ1n) is 8.59. The Kier molecular flexibility index (Phi) is 7.14. The van der Waals surface area contributed by atoms with Crippen molar-refractivity contribution in [2.75, 3.05) is 11.9 Å². The number of fused-ring (bicyclic) bond motifs is 1. The number of carbonyl (C=O) groups is 1. The lowest BCUT2D eigenvalue weighted by Gasteiger charge is -2.20. The van der Waals surface area contributed by atoms with Gasteiger partial charge in [-0.1, -0.05) is 6.07 Å². The number of nitrogens with one attached hydrogen (secondary N) is 2. The Labute approximate surface area is 168 Å². The van der Waals surface area contributed by atoms with Gasteiger partial charge in [0.15, 0.2) is 9.84 Å². The Bertz CT molecular complexity index is 966. The Morgan fingerprint density at radius 2 is 1.86 bits per heavy atom. The fraction of sp³-hybridized carbons (Fsp3) is 0.316. The lowest BCUT2D eigenvalue weighted by molar-refractivity contribution is -0.116. The molecule has 5 nitrogen and oxygen atoms in total. The van der Waals surface area contributed by atoms with Crippen LogP contribution in [0.1, 0.15) is 24.5 Å². The second kappa shape index (κ2) is 8.98. The number of amides is 1. The van der Waals surface area contributed by atoms with Gasteiger partial charge in [0.1, 0.15) is 11.6 Å². The number of anilines is 1. The summed E-state index contributed by atoms with van der Waals surface area (Å²) in [6, 6.07) is 7.66. The van der Waals surface area contributed by atoms with Crippen LogP contribution in [-0.4, -0.2) is 26.1 Å². The third kappa shape index (κ3) is 4.68. The van der Waals surface area contributed by atoms with Gasteiger partial charge >= 0.3 is 0 Å². The average Bonchev–Trinajstić information content (AvgIpc) is 2.64. The minimum absolute atomic E-state index is 0. The Morgan fingerprint density at radius 1 is 1.18 bits per heavy atom. The molecule has 2 aromatic carbocycles. The summed E-state index contributed by atoms with van der Waals surface area (Å²) in [5.74, 6) is -1.62. The van der Waals surface area contributed by atoms with Crippen LogP contribution in [0, 0.1) is 11.6 Å². The molecule has 1 unspecified atom stereocenters. The Balaban J connectivity index is 0.00000280. The summed E-state index contributed by atoms with van der Waals surface area (Å²) in [5, 5.41) is 4.58. The molecule has 1 aliphatic rings. The zero-order valence-corrected chi connectivity index (χ0v) is 16.8. The number of hydrogen-bond acceptors (Lipinski definition) is 4. The second-order valence-electron chi connectivity index (χ2n) is 6.55. The molecule has 152 valence electrons. The Hall–Kier alpha value is -2.03. The molecule has 1 heterocycles. The summed E-state index contributed by atoms with van der Waals surface area (Å²) >= 11 is 0. The number of halogens is 3. The van der Waals surface area contributed by atoms with Crippen molar-refractivity contribution in [3.8, 4) is 0 Å². The summed E-state index contributed by atoms with van der Waals surface area (Å²) in [6.07, 6.45) is 0.192. The van der Waals surface area contributed by atoms with Crippen molar-refractivity contribution in [3.05, 3.63) is 59.2 Å².